The molecule has 0 saturated carbocycles. The number of nitrogens with one attached hydrogen (secondary N) is 1. The summed E-state index contributed by atoms with van der Waals surface area (Å²) in [5.74, 6) is 0.467. The molecular formula is C18H20IN3O2. The molecule has 0 radical (unpaired) electrons. The number of nitrogens with zero attached hydrogens (tertiary/aromatic N) is 2. The number of hydrogen-bond acceptors (Lipinski definition) is 4. The van der Waals surface area contributed by atoms with Gasteiger partial charge in [0, 0.05) is 28.3 Å². The Kier molecular flexibility index (Phi) is 5.68. The first-order valence-corrected chi connectivity index (χ1v) is 9.06. The van der Waals surface area contributed by atoms with E-state index in [1.54, 1.807) is 6.20 Å². The highest BCUT2D eigenvalue weighted by molar-refractivity contribution is 14.1. The molecule has 6 heteroatoms. The van der Waals surface area contributed by atoms with Gasteiger partial charge < -0.3 is 15.0 Å². The molecule has 126 valence electrons. The summed E-state index contributed by atoms with van der Waals surface area (Å²) in [6.45, 7) is 2.10. The number of carbonyl (C=O) groups excluding carboxylic acids is 1. The van der Waals surface area contributed by atoms with Gasteiger partial charge in [-0.25, -0.2) is 4.98 Å². The summed E-state index contributed by atoms with van der Waals surface area (Å²) in [4.78, 5) is 18.8. The molecule has 0 bridgehead atoms. The van der Waals surface area contributed by atoms with Crippen LogP contribution in [-0.2, 0) is 0 Å². The minimum Gasteiger partial charge on any atom is -0.474 e. The Balaban J connectivity index is 1.56. The number of benzene rings is 1. The zero-order chi connectivity index (χ0) is 16.9. The zero-order valence-electron chi connectivity index (χ0n) is 13.5. The molecule has 5 nitrogen and oxygen atoms in total. The second-order valence-corrected chi connectivity index (χ2v) is 7.21. The zero-order valence-corrected chi connectivity index (χ0v) is 15.7. The summed E-state index contributed by atoms with van der Waals surface area (Å²) in [5, 5.41) is 2.85. The number of piperidine rings is 1. The van der Waals surface area contributed by atoms with E-state index < -0.39 is 0 Å². The van der Waals surface area contributed by atoms with E-state index in [0.717, 1.165) is 29.5 Å². The molecular weight excluding hydrogens is 417 g/mol. The van der Waals surface area contributed by atoms with Gasteiger partial charge in [-0.1, -0.05) is 0 Å². The number of amides is 1. The predicted molar refractivity (Wildman–Crippen MR) is 102 cm³/mol. The lowest BCUT2D eigenvalue weighted by atomic mass is 10.1. The van der Waals surface area contributed by atoms with Crippen LogP contribution >= 0.6 is 22.6 Å². The molecule has 2 heterocycles. The number of anilines is 1. The number of halogens is 1. The van der Waals surface area contributed by atoms with Crippen molar-refractivity contribution in [3.05, 3.63) is 51.7 Å². The monoisotopic (exact) mass is 437 g/mol. The first kappa shape index (κ1) is 17.2. The third kappa shape index (κ3) is 4.67. The maximum absolute atomic E-state index is 12.2. The van der Waals surface area contributed by atoms with Crippen molar-refractivity contribution in [2.24, 2.45) is 0 Å². The molecule has 1 aliphatic heterocycles. The van der Waals surface area contributed by atoms with Crippen molar-refractivity contribution in [2.75, 3.05) is 25.5 Å². The third-order valence-electron chi connectivity index (χ3n) is 4.05. The highest BCUT2D eigenvalue weighted by atomic mass is 127. The van der Waals surface area contributed by atoms with Crippen LogP contribution < -0.4 is 10.1 Å². The SMILES string of the molecule is CN1CCC(Oc2ccc(NC(=O)c3ccc(I)cc3)cn2)CC1. The summed E-state index contributed by atoms with van der Waals surface area (Å²) in [6.07, 6.45) is 3.89. The van der Waals surface area contributed by atoms with E-state index in [0.29, 0.717) is 17.1 Å². The van der Waals surface area contributed by atoms with Crippen molar-refractivity contribution in [1.29, 1.82) is 0 Å². The number of pyridine rings is 1. The maximum atomic E-state index is 12.2. The van der Waals surface area contributed by atoms with Crippen LogP contribution in [0, 0.1) is 3.57 Å². The fraction of sp³-hybridized carbons (Fsp3) is 0.333. The normalized spacial score (nSPS) is 15.9. The molecule has 1 fully saturated rings. The predicted octanol–water partition coefficient (Wildman–Crippen LogP) is 3.41. The minimum atomic E-state index is -0.141. The van der Waals surface area contributed by atoms with Crippen LogP contribution in [-0.4, -0.2) is 42.0 Å². The number of rotatable bonds is 4. The number of ether oxygens (including phenoxy) is 1. The number of carbonyl (C=O) groups is 1. The molecule has 1 aliphatic rings. The Labute approximate surface area is 155 Å². The van der Waals surface area contributed by atoms with Crippen LogP contribution in [0.2, 0.25) is 0 Å². The van der Waals surface area contributed by atoms with Crippen molar-refractivity contribution in [3.8, 4) is 5.88 Å². The van der Waals surface area contributed by atoms with Crippen LogP contribution in [0.4, 0.5) is 5.69 Å². The quantitative estimate of drug-likeness (QED) is 0.746. The molecule has 1 saturated heterocycles. The number of aromatic nitrogens is 1. The molecule has 1 aromatic carbocycles. The Bertz CT molecular complexity index is 680. The van der Waals surface area contributed by atoms with E-state index in [9.17, 15) is 4.79 Å². The fourth-order valence-electron chi connectivity index (χ4n) is 2.60. The molecule has 1 aromatic heterocycles. The maximum Gasteiger partial charge on any atom is 0.255 e. The average Bonchev–Trinajstić information content (AvgIpc) is 2.59. The lowest BCUT2D eigenvalue weighted by molar-refractivity contribution is 0.102. The van der Waals surface area contributed by atoms with E-state index in [1.807, 2.05) is 36.4 Å². The molecule has 0 atom stereocenters. The minimum absolute atomic E-state index is 0.141. The lowest BCUT2D eigenvalue weighted by Gasteiger charge is -2.28. The first-order valence-electron chi connectivity index (χ1n) is 7.98. The Morgan fingerprint density at radius 1 is 1.21 bits per heavy atom. The molecule has 24 heavy (non-hydrogen) atoms. The highest BCUT2D eigenvalue weighted by Crippen LogP contribution is 2.18. The van der Waals surface area contributed by atoms with Crippen molar-refractivity contribution >= 4 is 34.2 Å². The molecule has 1 amide bonds. The molecule has 0 aliphatic carbocycles. The van der Waals surface area contributed by atoms with Crippen molar-refractivity contribution in [3.63, 3.8) is 0 Å². The average molecular weight is 437 g/mol. The van der Waals surface area contributed by atoms with Crippen LogP contribution in [0.25, 0.3) is 0 Å². The van der Waals surface area contributed by atoms with Gasteiger partial charge in [-0.15, -0.1) is 0 Å². The topological polar surface area (TPSA) is 54.5 Å². The van der Waals surface area contributed by atoms with Crippen LogP contribution in [0.3, 0.4) is 0 Å². The lowest BCUT2D eigenvalue weighted by Crippen LogP contribution is -2.35. The molecule has 0 spiro atoms. The van der Waals surface area contributed by atoms with E-state index in [-0.39, 0.29) is 12.0 Å². The molecule has 1 N–H and O–H groups in total. The molecule has 0 unspecified atom stereocenters. The third-order valence-corrected chi connectivity index (χ3v) is 4.77. The number of likely N-dealkylation sites (tertiary alicyclic amines) is 1. The van der Waals surface area contributed by atoms with Crippen molar-refractivity contribution < 1.29 is 9.53 Å². The highest BCUT2D eigenvalue weighted by Gasteiger charge is 2.18. The molecule has 3 rings (SSSR count). The smallest absolute Gasteiger partial charge is 0.255 e. The van der Waals surface area contributed by atoms with Gasteiger partial charge in [0.05, 0.1) is 11.9 Å². The van der Waals surface area contributed by atoms with Gasteiger partial charge in [-0.2, -0.15) is 0 Å². The Hall–Kier alpha value is -1.67. The summed E-state index contributed by atoms with van der Waals surface area (Å²) in [7, 11) is 2.12. The fourth-order valence-corrected chi connectivity index (χ4v) is 2.96. The number of hydrogen-bond donors (Lipinski definition) is 1. The van der Waals surface area contributed by atoms with Gasteiger partial charge >= 0.3 is 0 Å². The Morgan fingerprint density at radius 2 is 1.92 bits per heavy atom. The van der Waals surface area contributed by atoms with Crippen LogP contribution in [0.5, 0.6) is 5.88 Å². The van der Waals surface area contributed by atoms with Gasteiger partial charge in [0.1, 0.15) is 6.10 Å². The van der Waals surface area contributed by atoms with Crippen molar-refractivity contribution in [1.82, 2.24) is 9.88 Å². The Morgan fingerprint density at radius 3 is 2.54 bits per heavy atom. The second-order valence-electron chi connectivity index (χ2n) is 5.97. The second kappa shape index (κ2) is 7.94. The van der Waals surface area contributed by atoms with Crippen LogP contribution in [0.1, 0.15) is 23.2 Å². The van der Waals surface area contributed by atoms with Crippen LogP contribution in [0.15, 0.2) is 42.6 Å². The van der Waals surface area contributed by atoms with Crippen molar-refractivity contribution in [2.45, 2.75) is 18.9 Å². The van der Waals surface area contributed by atoms with Gasteiger partial charge in [-0.05, 0) is 72.8 Å². The van der Waals surface area contributed by atoms with Gasteiger partial charge in [-0.3, -0.25) is 4.79 Å². The van der Waals surface area contributed by atoms with Gasteiger partial charge in [0.2, 0.25) is 5.88 Å². The first-order chi connectivity index (χ1) is 11.6. The van der Waals surface area contributed by atoms with E-state index in [2.05, 4.69) is 44.8 Å². The largest absolute Gasteiger partial charge is 0.474 e. The van der Waals surface area contributed by atoms with Gasteiger partial charge in [0.25, 0.3) is 5.91 Å². The van der Waals surface area contributed by atoms with E-state index in [4.69, 9.17) is 4.74 Å². The summed E-state index contributed by atoms with van der Waals surface area (Å²) < 4.78 is 7.01. The summed E-state index contributed by atoms with van der Waals surface area (Å²) in [6, 6.07) is 11.1. The summed E-state index contributed by atoms with van der Waals surface area (Å²) in [5.41, 5.74) is 1.29. The molecule has 2 aromatic rings. The standard InChI is InChI=1S/C18H20IN3O2/c1-22-10-8-16(9-11-22)24-17-7-6-15(12-20-17)21-18(23)13-2-4-14(19)5-3-13/h2-7,12,16H,8-11H2,1H3,(H,21,23). The van der Waals surface area contributed by atoms with E-state index in [1.165, 1.54) is 0 Å². The van der Waals surface area contributed by atoms with Gasteiger partial charge in [0.15, 0.2) is 0 Å². The summed E-state index contributed by atoms with van der Waals surface area (Å²) >= 11 is 2.21. The van der Waals surface area contributed by atoms with E-state index >= 15 is 0 Å².